The van der Waals surface area contributed by atoms with Crippen molar-refractivity contribution in [3.8, 4) is 0 Å². The fourth-order valence-electron chi connectivity index (χ4n) is 3.29. The maximum Gasteiger partial charge on any atom is 0.0638 e. The third kappa shape index (κ3) is 3.76. The second-order valence-electron chi connectivity index (χ2n) is 6.35. The van der Waals surface area contributed by atoms with Crippen LogP contribution in [0.2, 0.25) is 0 Å². The zero-order chi connectivity index (χ0) is 15.4. The lowest BCUT2D eigenvalue weighted by atomic mass is 10.0. The van der Waals surface area contributed by atoms with Gasteiger partial charge in [0.15, 0.2) is 0 Å². The highest BCUT2D eigenvalue weighted by molar-refractivity contribution is 5.22. The molecule has 1 aliphatic heterocycles. The highest BCUT2D eigenvalue weighted by Crippen LogP contribution is 2.15. The van der Waals surface area contributed by atoms with Gasteiger partial charge in [-0.3, -0.25) is 10.00 Å². The van der Waals surface area contributed by atoms with E-state index in [0.717, 1.165) is 25.3 Å². The molecule has 4 heteroatoms. The molecule has 1 aromatic carbocycles. The molecule has 2 aromatic rings. The van der Waals surface area contributed by atoms with E-state index in [1.807, 2.05) is 0 Å². The van der Waals surface area contributed by atoms with Gasteiger partial charge in [-0.05, 0) is 38.8 Å². The molecule has 0 spiro atoms. The number of H-pyrrole nitrogens is 1. The van der Waals surface area contributed by atoms with E-state index >= 15 is 0 Å². The Morgan fingerprint density at radius 3 is 2.82 bits per heavy atom. The number of benzene rings is 1. The monoisotopic (exact) mass is 298 g/mol. The summed E-state index contributed by atoms with van der Waals surface area (Å²) in [7, 11) is 0. The smallest absolute Gasteiger partial charge is 0.0638 e. The Morgan fingerprint density at radius 2 is 2.09 bits per heavy atom. The first-order valence-corrected chi connectivity index (χ1v) is 8.22. The lowest BCUT2D eigenvalue weighted by molar-refractivity contribution is 0.182. The number of aromatic nitrogens is 2. The Hall–Kier alpha value is -1.65. The second-order valence-corrected chi connectivity index (χ2v) is 6.35. The number of likely N-dealkylation sites (tertiary alicyclic amines) is 1. The molecule has 2 N–H and O–H groups in total. The molecule has 3 rings (SSSR count). The first kappa shape index (κ1) is 15.3. The predicted octanol–water partition coefficient (Wildman–Crippen LogP) is 2.78. The van der Waals surface area contributed by atoms with Crippen molar-refractivity contribution in [1.82, 2.24) is 20.4 Å². The fourth-order valence-corrected chi connectivity index (χ4v) is 3.29. The van der Waals surface area contributed by atoms with E-state index in [1.54, 1.807) is 0 Å². The van der Waals surface area contributed by atoms with Crippen LogP contribution in [0.1, 0.15) is 35.4 Å². The minimum absolute atomic E-state index is 0.575. The topological polar surface area (TPSA) is 44.0 Å². The molecule has 1 aromatic heterocycles. The summed E-state index contributed by atoms with van der Waals surface area (Å²) in [5.41, 5.74) is 5.02. The van der Waals surface area contributed by atoms with Gasteiger partial charge in [0.1, 0.15) is 0 Å². The van der Waals surface area contributed by atoms with Gasteiger partial charge in [0.05, 0.1) is 5.69 Å². The summed E-state index contributed by atoms with van der Waals surface area (Å²) in [5, 5.41) is 11.1. The van der Waals surface area contributed by atoms with E-state index < -0.39 is 0 Å². The Bertz CT molecular complexity index is 571. The predicted molar refractivity (Wildman–Crippen MR) is 89.6 cm³/mol. The maximum atomic E-state index is 4.28. The lowest BCUT2D eigenvalue weighted by Gasteiger charge is -2.33. The van der Waals surface area contributed by atoms with Gasteiger partial charge in [-0.15, -0.1) is 0 Å². The Balaban J connectivity index is 1.52. The van der Waals surface area contributed by atoms with Crippen molar-refractivity contribution < 1.29 is 0 Å². The standard InChI is InChI=1S/C18H26N4/c1-14-18(15(2)21-20-14)11-19-17-9-6-10-22(13-17)12-16-7-4-3-5-8-16/h3-5,7-8,17,19H,6,9-13H2,1-2H3,(H,20,21)/t17-/m1/s1. The van der Waals surface area contributed by atoms with E-state index in [2.05, 4.69) is 64.6 Å². The second kappa shape index (κ2) is 7.07. The molecule has 1 atom stereocenters. The molecule has 0 saturated carbocycles. The molecule has 0 bridgehead atoms. The molecule has 1 fully saturated rings. The Kier molecular flexibility index (Phi) is 4.90. The van der Waals surface area contributed by atoms with E-state index in [0.29, 0.717) is 6.04 Å². The number of aryl methyl sites for hydroxylation is 2. The number of aromatic amines is 1. The zero-order valence-electron chi connectivity index (χ0n) is 13.6. The SMILES string of the molecule is Cc1n[nH]c(C)c1CN[C@@H]1CCCN(Cc2ccccc2)C1. The molecule has 0 amide bonds. The van der Waals surface area contributed by atoms with Crippen molar-refractivity contribution in [3.05, 3.63) is 52.8 Å². The number of piperidine rings is 1. The molecule has 1 saturated heterocycles. The summed E-state index contributed by atoms with van der Waals surface area (Å²) in [5.74, 6) is 0. The van der Waals surface area contributed by atoms with Gasteiger partial charge >= 0.3 is 0 Å². The molecule has 0 aliphatic carbocycles. The molecular formula is C18H26N4. The molecule has 2 heterocycles. The van der Waals surface area contributed by atoms with Crippen LogP contribution >= 0.6 is 0 Å². The zero-order valence-corrected chi connectivity index (χ0v) is 13.6. The fraction of sp³-hybridized carbons (Fsp3) is 0.500. The van der Waals surface area contributed by atoms with Crippen molar-refractivity contribution in [2.45, 2.75) is 45.8 Å². The molecule has 22 heavy (non-hydrogen) atoms. The highest BCUT2D eigenvalue weighted by atomic mass is 15.2. The van der Waals surface area contributed by atoms with Crippen LogP contribution < -0.4 is 5.32 Å². The van der Waals surface area contributed by atoms with E-state index in [9.17, 15) is 0 Å². The van der Waals surface area contributed by atoms with Gasteiger partial charge in [-0.1, -0.05) is 30.3 Å². The largest absolute Gasteiger partial charge is 0.309 e. The average molecular weight is 298 g/mol. The van der Waals surface area contributed by atoms with Crippen molar-refractivity contribution >= 4 is 0 Å². The van der Waals surface area contributed by atoms with Gasteiger partial charge < -0.3 is 5.32 Å². The van der Waals surface area contributed by atoms with E-state index in [1.165, 1.54) is 36.2 Å². The number of nitrogens with zero attached hydrogens (tertiary/aromatic N) is 2. The minimum Gasteiger partial charge on any atom is -0.309 e. The molecular weight excluding hydrogens is 272 g/mol. The number of hydrogen-bond acceptors (Lipinski definition) is 3. The Labute approximate surface area is 132 Å². The third-order valence-corrected chi connectivity index (χ3v) is 4.60. The van der Waals surface area contributed by atoms with Crippen LogP contribution in [-0.2, 0) is 13.1 Å². The van der Waals surface area contributed by atoms with Crippen LogP contribution in [0.5, 0.6) is 0 Å². The van der Waals surface area contributed by atoms with Crippen molar-refractivity contribution in [2.75, 3.05) is 13.1 Å². The van der Waals surface area contributed by atoms with Crippen molar-refractivity contribution in [3.63, 3.8) is 0 Å². The molecule has 1 aliphatic rings. The minimum atomic E-state index is 0.575. The Morgan fingerprint density at radius 1 is 1.27 bits per heavy atom. The first-order chi connectivity index (χ1) is 10.7. The molecule has 0 radical (unpaired) electrons. The van der Waals surface area contributed by atoms with E-state index in [-0.39, 0.29) is 0 Å². The van der Waals surface area contributed by atoms with Gasteiger partial charge in [-0.2, -0.15) is 5.10 Å². The lowest BCUT2D eigenvalue weighted by Crippen LogP contribution is -2.45. The quantitative estimate of drug-likeness (QED) is 0.892. The summed E-state index contributed by atoms with van der Waals surface area (Å²) in [6.07, 6.45) is 2.54. The van der Waals surface area contributed by atoms with E-state index in [4.69, 9.17) is 0 Å². The van der Waals surface area contributed by atoms with Crippen molar-refractivity contribution in [2.24, 2.45) is 0 Å². The van der Waals surface area contributed by atoms with Gasteiger partial charge in [0.2, 0.25) is 0 Å². The summed E-state index contributed by atoms with van der Waals surface area (Å²) >= 11 is 0. The van der Waals surface area contributed by atoms with Crippen molar-refractivity contribution in [1.29, 1.82) is 0 Å². The van der Waals surface area contributed by atoms with Gasteiger partial charge in [0, 0.05) is 36.9 Å². The maximum absolute atomic E-state index is 4.28. The third-order valence-electron chi connectivity index (χ3n) is 4.60. The number of nitrogens with one attached hydrogen (secondary N) is 2. The van der Waals surface area contributed by atoms with Crippen LogP contribution in [0.15, 0.2) is 30.3 Å². The summed E-state index contributed by atoms with van der Waals surface area (Å²) in [4.78, 5) is 2.56. The van der Waals surface area contributed by atoms with Crippen LogP contribution in [0.25, 0.3) is 0 Å². The molecule has 4 nitrogen and oxygen atoms in total. The summed E-state index contributed by atoms with van der Waals surface area (Å²) < 4.78 is 0. The summed E-state index contributed by atoms with van der Waals surface area (Å²) in [6, 6.07) is 11.3. The number of hydrogen-bond donors (Lipinski definition) is 2. The van der Waals surface area contributed by atoms with Crippen LogP contribution in [0.4, 0.5) is 0 Å². The normalized spacial score (nSPS) is 19.5. The first-order valence-electron chi connectivity index (χ1n) is 8.22. The molecule has 0 unspecified atom stereocenters. The van der Waals surface area contributed by atoms with Gasteiger partial charge in [-0.25, -0.2) is 0 Å². The van der Waals surface area contributed by atoms with Crippen LogP contribution in [0, 0.1) is 13.8 Å². The highest BCUT2D eigenvalue weighted by Gasteiger charge is 2.20. The van der Waals surface area contributed by atoms with Crippen LogP contribution in [0.3, 0.4) is 0 Å². The molecule has 118 valence electrons. The number of rotatable bonds is 5. The van der Waals surface area contributed by atoms with Gasteiger partial charge in [0.25, 0.3) is 0 Å². The van der Waals surface area contributed by atoms with Crippen LogP contribution in [-0.4, -0.2) is 34.2 Å². The average Bonchev–Trinajstić information content (AvgIpc) is 2.85. The summed E-state index contributed by atoms with van der Waals surface area (Å²) in [6.45, 7) is 8.48.